The Morgan fingerprint density at radius 2 is 1.71 bits per heavy atom. The predicted octanol–water partition coefficient (Wildman–Crippen LogP) is 3.76. The van der Waals surface area contributed by atoms with E-state index >= 15 is 0 Å². The summed E-state index contributed by atoms with van der Waals surface area (Å²) in [5.74, 6) is 0.883. The summed E-state index contributed by atoms with van der Waals surface area (Å²) >= 11 is 0. The van der Waals surface area contributed by atoms with E-state index in [2.05, 4.69) is 24.4 Å². The number of hydrogen-bond donors (Lipinski definition) is 1. The Morgan fingerprint density at radius 1 is 1.08 bits per heavy atom. The van der Waals surface area contributed by atoms with E-state index in [1.807, 2.05) is 24.3 Å². The molecule has 0 aliphatic rings. The molecule has 0 spiro atoms. The Morgan fingerprint density at radius 3 is 2.29 bits per heavy atom. The van der Waals surface area contributed by atoms with Crippen molar-refractivity contribution in [3.05, 3.63) is 69.8 Å². The molecule has 0 saturated carbocycles. The summed E-state index contributed by atoms with van der Waals surface area (Å²) in [6.45, 7) is 3.08. The molecule has 0 bridgehead atoms. The van der Waals surface area contributed by atoms with Crippen LogP contribution >= 0.6 is 0 Å². The Bertz CT molecular complexity index is 639. The van der Waals surface area contributed by atoms with E-state index in [0.717, 1.165) is 37.1 Å². The average molecular weight is 328 g/mol. The van der Waals surface area contributed by atoms with Gasteiger partial charge in [-0.25, -0.2) is 0 Å². The minimum Gasteiger partial charge on any atom is -0.497 e. The van der Waals surface area contributed by atoms with Crippen LogP contribution in [0.1, 0.15) is 24.5 Å². The van der Waals surface area contributed by atoms with E-state index in [1.165, 1.54) is 5.56 Å². The third kappa shape index (κ3) is 5.66. The molecule has 1 atom stereocenters. The lowest BCUT2D eigenvalue weighted by molar-refractivity contribution is -0.384. The standard InChI is InChI=1S/C19H24N2O3/c1-15(14-17-5-9-18(10-6-17)21(22)23)20-13-3-4-16-7-11-19(24-2)12-8-16/h5-12,15,20H,3-4,13-14H2,1-2H3. The van der Waals surface area contributed by atoms with Crippen LogP contribution < -0.4 is 10.1 Å². The van der Waals surface area contributed by atoms with E-state index in [-0.39, 0.29) is 10.6 Å². The quantitative estimate of drug-likeness (QED) is 0.432. The van der Waals surface area contributed by atoms with Crippen molar-refractivity contribution in [1.29, 1.82) is 0 Å². The molecule has 0 aromatic heterocycles. The number of nitro groups is 1. The van der Waals surface area contributed by atoms with Gasteiger partial charge in [0.05, 0.1) is 12.0 Å². The lowest BCUT2D eigenvalue weighted by Crippen LogP contribution is -2.29. The van der Waals surface area contributed by atoms with Crippen molar-refractivity contribution in [2.24, 2.45) is 0 Å². The van der Waals surface area contributed by atoms with Gasteiger partial charge in [-0.1, -0.05) is 24.3 Å². The summed E-state index contributed by atoms with van der Waals surface area (Å²) in [4.78, 5) is 10.3. The molecular weight excluding hydrogens is 304 g/mol. The topological polar surface area (TPSA) is 64.4 Å². The first-order chi connectivity index (χ1) is 11.6. The number of rotatable bonds is 9. The summed E-state index contributed by atoms with van der Waals surface area (Å²) in [7, 11) is 1.67. The molecule has 128 valence electrons. The lowest BCUT2D eigenvalue weighted by atomic mass is 10.1. The molecule has 2 aromatic carbocycles. The molecule has 0 radical (unpaired) electrons. The number of non-ortho nitro benzene ring substituents is 1. The number of nitrogens with one attached hydrogen (secondary N) is 1. The van der Waals surface area contributed by atoms with Gasteiger partial charge in [-0.05, 0) is 56.0 Å². The smallest absolute Gasteiger partial charge is 0.269 e. The molecule has 5 nitrogen and oxygen atoms in total. The Kier molecular flexibility index (Phi) is 6.75. The van der Waals surface area contributed by atoms with Gasteiger partial charge in [0.15, 0.2) is 0 Å². The van der Waals surface area contributed by atoms with Crippen molar-refractivity contribution in [3.8, 4) is 5.75 Å². The van der Waals surface area contributed by atoms with Crippen LogP contribution in [0.15, 0.2) is 48.5 Å². The third-order valence-electron chi connectivity index (χ3n) is 3.98. The molecule has 0 amide bonds. The van der Waals surface area contributed by atoms with Crippen molar-refractivity contribution in [1.82, 2.24) is 5.32 Å². The highest BCUT2D eigenvalue weighted by atomic mass is 16.6. The fourth-order valence-electron chi connectivity index (χ4n) is 2.61. The molecule has 0 saturated heterocycles. The number of methoxy groups -OCH3 is 1. The molecule has 1 N–H and O–H groups in total. The van der Waals surface area contributed by atoms with Gasteiger partial charge >= 0.3 is 0 Å². The SMILES string of the molecule is COc1ccc(CCCNC(C)Cc2ccc([N+](=O)[O-])cc2)cc1. The molecule has 2 aromatic rings. The molecule has 2 rings (SSSR count). The number of benzene rings is 2. The van der Waals surface area contributed by atoms with Crippen LogP contribution in [0.2, 0.25) is 0 Å². The van der Waals surface area contributed by atoms with Crippen LogP contribution in [0.5, 0.6) is 5.75 Å². The summed E-state index contributed by atoms with van der Waals surface area (Å²) < 4.78 is 5.15. The normalized spacial score (nSPS) is 11.9. The number of nitro benzene ring substituents is 1. The van der Waals surface area contributed by atoms with E-state index in [4.69, 9.17) is 4.74 Å². The first-order valence-electron chi connectivity index (χ1n) is 8.18. The highest BCUT2D eigenvalue weighted by molar-refractivity contribution is 5.33. The molecule has 0 fully saturated rings. The second-order valence-corrected chi connectivity index (χ2v) is 5.93. The maximum Gasteiger partial charge on any atom is 0.269 e. The van der Waals surface area contributed by atoms with Crippen molar-refractivity contribution in [3.63, 3.8) is 0 Å². The second kappa shape index (κ2) is 9.03. The van der Waals surface area contributed by atoms with Gasteiger partial charge in [-0.2, -0.15) is 0 Å². The maximum absolute atomic E-state index is 10.6. The van der Waals surface area contributed by atoms with Crippen LogP contribution in [0.25, 0.3) is 0 Å². The Balaban J connectivity index is 1.68. The zero-order valence-corrected chi connectivity index (χ0v) is 14.2. The Hall–Kier alpha value is -2.40. The van der Waals surface area contributed by atoms with Crippen molar-refractivity contribution < 1.29 is 9.66 Å². The number of ether oxygens (including phenoxy) is 1. The average Bonchev–Trinajstić information content (AvgIpc) is 2.59. The predicted molar refractivity (Wildman–Crippen MR) is 95.6 cm³/mol. The summed E-state index contributed by atoms with van der Waals surface area (Å²) in [6, 6.07) is 15.3. The van der Waals surface area contributed by atoms with E-state index in [0.29, 0.717) is 6.04 Å². The second-order valence-electron chi connectivity index (χ2n) is 5.93. The van der Waals surface area contributed by atoms with Crippen LogP contribution in [-0.4, -0.2) is 24.6 Å². The van der Waals surface area contributed by atoms with Gasteiger partial charge in [-0.3, -0.25) is 10.1 Å². The monoisotopic (exact) mass is 328 g/mol. The molecule has 24 heavy (non-hydrogen) atoms. The lowest BCUT2D eigenvalue weighted by Gasteiger charge is -2.14. The number of aryl methyl sites for hydroxylation is 1. The van der Waals surface area contributed by atoms with Gasteiger partial charge in [0.1, 0.15) is 5.75 Å². The fourth-order valence-corrected chi connectivity index (χ4v) is 2.61. The zero-order chi connectivity index (χ0) is 17.4. The van der Waals surface area contributed by atoms with Gasteiger partial charge < -0.3 is 10.1 Å². The molecule has 0 heterocycles. The first kappa shape index (κ1) is 17.9. The highest BCUT2D eigenvalue weighted by Crippen LogP contribution is 2.14. The molecule has 1 unspecified atom stereocenters. The number of nitrogens with zero attached hydrogens (tertiary/aromatic N) is 1. The van der Waals surface area contributed by atoms with Gasteiger partial charge in [-0.15, -0.1) is 0 Å². The molecule has 0 aliphatic carbocycles. The van der Waals surface area contributed by atoms with Crippen molar-refractivity contribution in [2.45, 2.75) is 32.2 Å². The van der Waals surface area contributed by atoms with Gasteiger partial charge in [0, 0.05) is 18.2 Å². The number of hydrogen-bond acceptors (Lipinski definition) is 4. The van der Waals surface area contributed by atoms with Gasteiger partial charge in [0.25, 0.3) is 5.69 Å². The fraction of sp³-hybridized carbons (Fsp3) is 0.368. The van der Waals surface area contributed by atoms with Gasteiger partial charge in [0.2, 0.25) is 0 Å². The molecular formula is C19H24N2O3. The highest BCUT2D eigenvalue weighted by Gasteiger charge is 2.07. The third-order valence-corrected chi connectivity index (χ3v) is 3.98. The molecule has 0 aliphatic heterocycles. The van der Waals surface area contributed by atoms with Crippen LogP contribution in [0.4, 0.5) is 5.69 Å². The van der Waals surface area contributed by atoms with Crippen molar-refractivity contribution >= 4 is 5.69 Å². The summed E-state index contributed by atoms with van der Waals surface area (Å²) in [5.41, 5.74) is 2.55. The van der Waals surface area contributed by atoms with Crippen molar-refractivity contribution in [2.75, 3.05) is 13.7 Å². The molecule has 5 heteroatoms. The Labute approximate surface area is 142 Å². The summed E-state index contributed by atoms with van der Waals surface area (Å²) in [6.07, 6.45) is 2.96. The van der Waals surface area contributed by atoms with E-state index in [9.17, 15) is 10.1 Å². The largest absolute Gasteiger partial charge is 0.497 e. The maximum atomic E-state index is 10.6. The zero-order valence-electron chi connectivity index (χ0n) is 14.2. The summed E-state index contributed by atoms with van der Waals surface area (Å²) in [5, 5.41) is 14.2. The minimum absolute atomic E-state index is 0.138. The van der Waals surface area contributed by atoms with E-state index in [1.54, 1.807) is 19.2 Å². The first-order valence-corrected chi connectivity index (χ1v) is 8.18. The van der Waals surface area contributed by atoms with Crippen LogP contribution in [0, 0.1) is 10.1 Å². The van der Waals surface area contributed by atoms with Crippen LogP contribution in [-0.2, 0) is 12.8 Å². The van der Waals surface area contributed by atoms with Crippen LogP contribution in [0.3, 0.4) is 0 Å². The minimum atomic E-state index is -0.370. The van der Waals surface area contributed by atoms with E-state index < -0.39 is 0 Å².